The van der Waals surface area contributed by atoms with Crippen molar-refractivity contribution < 1.29 is 28.7 Å². The number of likely N-dealkylation sites (N-methyl/N-ethyl adjacent to an activating group) is 2. The normalized spacial score (nSPS) is 19.0. The highest BCUT2D eigenvalue weighted by atomic mass is 16.5. The van der Waals surface area contributed by atoms with Crippen molar-refractivity contribution in [3.8, 4) is 0 Å². The van der Waals surface area contributed by atoms with Gasteiger partial charge in [-0.1, -0.05) is 67.0 Å². The highest BCUT2D eigenvalue weighted by Crippen LogP contribution is 2.29. The molecule has 290 valence electrons. The minimum Gasteiger partial charge on any atom is -0.399 e. The van der Waals surface area contributed by atoms with E-state index in [9.17, 15) is 19.2 Å². The Morgan fingerprint density at radius 1 is 0.941 bits per heavy atom. The quantitative estimate of drug-likeness (QED) is 0.174. The average Bonchev–Trinajstić information content (AvgIpc) is 3.56. The summed E-state index contributed by atoms with van der Waals surface area (Å²) in [5, 5.41) is 6.07. The Kier molecular flexibility index (Phi) is 17.9. The van der Waals surface area contributed by atoms with Gasteiger partial charge in [-0.15, -0.1) is 0 Å². The van der Waals surface area contributed by atoms with Gasteiger partial charge in [0.2, 0.25) is 23.6 Å². The second-order valence-corrected chi connectivity index (χ2v) is 15.3. The second-order valence-electron chi connectivity index (χ2n) is 15.3. The molecule has 12 heteroatoms. The minimum absolute atomic E-state index is 0.00320. The molecule has 0 bridgehead atoms. The van der Waals surface area contributed by atoms with E-state index in [1.165, 1.54) is 0 Å². The Balaban J connectivity index is 2.21. The first-order chi connectivity index (χ1) is 24.0. The number of rotatable bonds is 20. The molecule has 8 atom stereocenters. The number of hydrogen-bond donors (Lipinski definition) is 3. The SMILES string of the molecule is CCC(C)[C@@H]([C@@H](CC(=O)N1CCC[C@H]1[C@H](OC)C(C)C(=O)NCCc1ccc(N)cc1)OC)N(C)C(=O)[C@@H](NC(=O)C(C(C)C)N(C)C)C(C)C. The highest BCUT2D eigenvalue weighted by Gasteiger charge is 2.43. The van der Waals surface area contributed by atoms with Crippen LogP contribution < -0.4 is 16.4 Å². The zero-order valence-corrected chi connectivity index (χ0v) is 33.4. The molecular formula is C39H68N6O6. The molecule has 2 rings (SSSR count). The lowest BCUT2D eigenvalue weighted by molar-refractivity contribution is -0.148. The van der Waals surface area contributed by atoms with Crippen molar-refractivity contribution in [3.63, 3.8) is 0 Å². The third-order valence-corrected chi connectivity index (χ3v) is 10.6. The molecule has 1 aliphatic heterocycles. The van der Waals surface area contributed by atoms with E-state index in [-0.39, 0.29) is 59.9 Å². The number of carbonyl (C=O) groups excluding carboxylic acids is 4. The molecular weight excluding hydrogens is 648 g/mol. The maximum absolute atomic E-state index is 14.2. The van der Waals surface area contributed by atoms with Crippen LogP contribution in [0.1, 0.15) is 79.7 Å². The van der Waals surface area contributed by atoms with Crippen LogP contribution >= 0.6 is 0 Å². The van der Waals surface area contributed by atoms with Gasteiger partial charge < -0.3 is 35.6 Å². The van der Waals surface area contributed by atoms with Crippen LogP contribution in [0.5, 0.6) is 0 Å². The number of amides is 4. The lowest BCUT2D eigenvalue weighted by Crippen LogP contribution is -2.59. The van der Waals surface area contributed by atoms with Gasteiger partial charge in [0.25, 0.3) is 0 Å². The van der Waals surface area contributed by atoms with Crippen LogP contribution in [0.2, 0.25) is 0 Å². The second kappa shape index (κ2) is 20.7. The van der Waals surface area contributed by atoms with Gasteiger partial charge in [-0.3, -0.25) is 24.1 Å². The Morgan fingerprint density at radius 3 is 2.08 bits per heavy atom. The van der Waals surface area contributed by atoms with Gasteiger partial charge in [-0.25, -0.2) is 0 Å². The van der Waals surface area contributed by atoms with Crippen molar-refractivity contribution in [2.24, 2.45) is 23.7 Å². The van der Waals surface area contributed by atoms with E-state index in [1.807, 2.05) is 82.8 Å². The first-order valence-electron chi connectivity index (χ1n) is 18.7. The molecule has 0 radical (unpaired) electrons. The van der Waals surface area contributed by atoms with E-state index in [2.05, 4.69) is 24.5 Å². The summed E-state index contributed by atoms with van der Waals surface area (Å²) in [6.45, 7) is 14.8. The largest absolute Gasteiger partial charge is 0.399 e. The number of hydrogen-bond acceptors (Lipinski definition) is 8. The number of methoxy groups -OCH3 is 2. The lowest BCUT2D eigenvalue weighted by atomic mass is 9.89. The summed E-state index contributed by atoms with van der Waals surface area (Å²) < 4.78 is 11.9. The molecule has 1 heterocycles. The van der Waals surface area contributed by atoms with E-state index in [4.69, 9.17) is 15.2 Å². The third-order valence-electron chi connectivity index (χ3n) is 10.6. The molecule has 1 aliphatic rings. The topological polar surface area (TPSA) is 147 Å². The van der Waals surface area contributed by atoms with Crippen LogP contribution in [-0.4, -0.2) is 123 Å². The monoisotopic (exact) mass is 717 g/mol. The smallest absolute Gasteiger partial charge is 0.245 e. The molecule has 12 nitrogen and oxygen atoms in total. The molecule has 1 aromatic rings. The fourth-order valence-corrected chi connectivity index (χ4v) is 7.59. The van der Waals surface area contributed by atoms with E-state index in [0.717, 1.165) is 24.8 Å². The predicted octanol–water partition coefficient (Wildman–Crippen LogP) is 3.57. The van der Waals surface area contributed by atoms with E-state index in [1.54, 1.807) is 26.2 Å². The summed E-state index contributed by atoms with van der Waals surface area (Å²) >= 11 is 0. The maximum Gasteiger partial charge on any atom is 0.245 e. The molecule has 4 amide bonds. The first-order valence-corrected chi connectivity index (χ1v) is 18.7. The van der Waals surface area contributed by atoms with Crippen LogP contribution in [-0.2, 0) is 35.1 Å². The molecule has 1 fully saturated rings. The van der Waals surface area contributed by atoms with E-state index < -0.39 is 30.2 Å². The Bertz CT molecular complexity index is 1250. The fourth-order valence-electron chi connectivity index (χ4n) is 7.59. The Labute approximate surface area is 307 Å². The number of carbonyl (C=O) groups is 4. The van der Waals surface area contributed by atoms with Crippen molar-refractivity contribution in [1.29, 1.82) is 0 Å². The van der Waals surface area contributed by atoms with Gasteiger partial charge in [0.1, 0.15) is 6.04 Å². The zero-order valence-electron chi connectivity index (χ0n) is 33.4. The third kappa shape index (κ3) is 11.9. The molecule has 4 N–H and O–H groups in total. The average molecular weight is 717 g/mol. The minimum atomic E-state index is -0.743. The van der Waals surface area contributed by atoms with Crippen LogP contribution in [0.25, 0.3) is 0 Å². The summed E-state index contributed by atoms with van der Waals surface area (Å²) in [6.07, 6.45) is 1.93. The summed E-state index contributed by atoms with van der Waals surface area (Å²) in [7, 11) is 8.64. The van der Waals surface area contributed by atoms with E-state index in [0.29, 0.717) is 25.2 Å². The van der Waals surface area contributed by atoms with Crippen LogP contribution in [0, 0.1) is 23.7 Å². The molecule has 0 spiro atoms. The highest BCUT2D eigenvalue weighted by molar-refractivity contribution is 5.90. The first kappa shape index (κ1) is 43.9. The zero-order chi connectivity index (χ0) is 38.6. The number of nitrogens with one attached hydrogen (secondary N) is 2. The Hall–Kier alpha value is -3.22. The van der Waals surface area contributed by atoms with Gasteiger partial charge in [-0.2, -0.15) is 0 Å². The number of nitrogen functional groups attached to an aromatic ring is 1. The van der Waals surface area contributed by atoms with Crippen molar-refractivity contribution in [2.45, 2.75) is 117 Å². The van der Waals surface area contributed by atoms with Gasteiger partial charge in [0, 0.05) is 40.0 Å². The van der Waals surface area contributed by atoms with Gasteiger partial charge >= 0.3 is 0 Å². The number of nitrogens with zero attached hydrogens (tertiary/aromatic N) is 3. The van der Waals surface area contributed by atoms with E-state index >= 15 is 0 Å². The standard InChI is InChI=1S/C39H68N6O6/c1-13-26(6)35(44(10)39(49)33(24(2)3)42-38(48)34(25(4)5)43(8)9)31(50-11)23-32(46)45-22-14-15-30(45)36(51-12)27(7)37(47)41-21-20-28-16-18-29(40)19-17-28/h16-19,24-27,30-31,33-36H,13-15,20-23,40H2,1-12H3,(H,41,47)(H,42,48)/t26?,27?,30-,31+,33-,34?,35-,36+/m0/s1. The summed E-state index contributed by atoms with van der Waals surface area (Å²) in [4.78, 5) is 60.3. The Morgan fingerprint density at radius 2 is 1.57 bits per heavy atom. The van der Waals surface area contributed by atoms with Crippen LogP contribution in [0.4, 0.5) is 5.69 Å². The number of anilines is 1. The van der Waals surface area contributed by atoms with Crippen molar-refractivity contribution in [2.75, 3.05) is 54.2 Å². The molecule has 0 aromatic heterocycles. The number of ether oxygens (including phenoxy) is 2. The lowest BCUT2D eigenvalue weighted by Gasteiger charge is -2.41. The van der Waals surface area contributed by atoms with Gasteiger partial charge in [0.05, 0.1) is 42.7 Å². The molecule has 1 aromatic carbocycles. The maximum atomic E-state index is 14.2. The van der Waals surface area contributed by atoms with Gasteiger partial charge in [-0.05, 0) is 68.8 Å². The summed E-state index contributed by atoms with van der Waals surface area (Å²) in [6, 6.07) is 5.77. The molecule has 0 saturated carbocycles. The number of likely N-dealkylation sites (tertiary alicyclic amines) is 1. The number of benzene rings is 1. The summed E-state index contributed by atoms with van der Waals surface area (Å²) in [5.74, 6) is -1.21. The molecule has 1 saturated heterocycles. The van der Waals surface area contributed by atoms with Crippen molar-refractivity contribution in [1.82, 2.24) is 25.3 Å². The number of nitrogens with two attached hydrogens (primary N) is 1. The molecule has 51 heavy (non-hydrogen) atoms. The fraction of sp³-hybridized carbons (Fsp3) is 0.744. The van der Waals surface area contributed by atoms with Crippen LogP contribution in [0.15, 0.2) is 24.3 Å². The summed E-state index contributed by atoms with van der Waals surface area (Å²) in [5.41, 5.74) is 7.57. The molecule has 3 unspecified atom stereocenters. The van der Waals surface area contributed by atoms with Crippen molar-refractivity contribution in [3.05, 3.63) is 29.8 Å². The predicted molar refractivity (Wildman–Crippen MR) is 203 cm³/mol. The van der Waals surface area contributed by atoms with Crippen molar-refractivity contribution >= 4 is 29.3 Å². The van der Waals surface area contributed by atoms with Gasteiger partial charge in [0.15, 0.2) is 0 Å². The van der Waals surface area contributed by atoms with Crippen LogP contribution in [0.3, 0.4) is 0 Å². The molecule has 0 aliphatic carbocycles.